The van der Waals surface area contributed by atoms with Gasteiger partial charge in [0, 0.05) is 12.1 Å². The zero-order valence-corrected chi connectivity index (χ0v) is 17.9. The molecular weight excluding hydrogens is 433 g/mol. The van der Waals surface area contributed by atoms with Crippen molar-refractivity contribution in [1.82, 2.24) is 4.31 Å². The third-order valence-corrected chi connectivity index (χ3v) is 7.18. The summed E-state index contributed by atoms with van der Waals surface area (Å²) in [5, 5.41) is 2.31. The zero-order chi connectivity index (χ0) is 23.1. The number of hydrogen-bond donors (Lipinski definition) is 1. The molecule has 3 rings (SSSR count). The molecule has 2 aromatic rings. The zero-order valence-electron chi connectivity index (χ0n) is 17.1. The molecule has 1 aliphatic rings. The van der Waals surface area contributed by atoms with Gasteiger partial charge in [-0.15, -0.1) is 0 Å². The van der Waals surface area contributed by atoms with Crippen molar-refractivity contribution in [2.24, 2.45) is 0 Å². The van der Waals surface area contributed by atoms with Crippen LogP contribution in [0.1, 0.15) is 35.1 Å². The molecule has 1 unspecified atom stereocenters. The van der Waals surface area contributed by atoms with E-state index in [9.17, 15) is 31.2 Å². The summed E-state index contributed by atoms with van der Waals surface area (Å²) in [6, 6.07) is 5.97. The van der Waals surface area contributed by atoms with Crippen LogP contribution in [0.4, 0.5) is 18.9 Å². The Morgan fingerprint density at radius 3 is 2.29 bits per heavy atom. The van der Waals surface area contributed by atoms with E-state index in [4.69, 9.17) is 0 Å². The van der Waals surface area contributed by atoms with Gasteiger partial charge in [-0.3, -0.25) is 9.59 Å². The molecule has 0 bridgehead atoms. The molecule has 31 heavy (non-hydrogen) atoms. The second-order valence-corrected chi connectivity index (χ2v) is 9.30. The molecule has 166 valence electrons. The minimum atomic E-state index is -4.60. The Morgan fingerprint density at radius 2 is 1.71 bits per heavy atom. The minimum Gasteiger partial charge on any atom is -0.324 e. The number of nitrogens with one attached hydrogen (secondary N) is 1. The second-order valence-electron chi connectivity index (χ2n) is 7.54. The van der Waals surface area contributed by atoms with Crippen molar-refractivity contribution in [3.8, 4) is 0 Å². The fourth-order valence-electron chi connectivity index (χ4n) is 3.87. The highest BCUT2D eigenvalue weighted by Gasteiger charge is 2.45. The van der Waals surface area contributed by atoms with Crippen molar-refractivity contribution in [2.75, 3.05) is 5.32 Å². The number of halogens is 3. The maximum atomic E-state index is 13.3. The van der Waals surface area contributed by atoms with Crippen LogP contribution in [-0.4, -0.2) is 30.6 Å². The molecule has 0 radical (unpaired) electrons. The number of anilines is 1. The fraction of sp³-hybridized carbons (Fsp3) is 0.333. The molecule has 1 N–H and O–H groups in total. The van der Waals surface area contributed by atoms with Crippen LogP contribution in [-0.2, 0) is 25.8 Å². The Morgan fingerprint density at radius 1 is 1.10 bits per heavy atom. The highest BCUT2D eigenvalue weighted by atomic mass is 32.2. The number of alkyl halides is 3. The number of amides is 2. The normalized spacial score (nSPS) is 17.2. The van der Waals surface area contributed by atoms with E-state index < -0.39 is 39.6 Å². The highest BCUT2D eigenvalue weighted by molar-refractivity contribution is 7.89. The topological polar surface area (TPSA) is 83.6 Å². The highest BCUT2D eigenvalue weighted by Crippen LogP contribution is 2.33. The fourth-order valence-corrected chi connectivity index (χ4v) is 5.90. The second kappa shape index (κ2) is 7.99. The van der Waals surface area contributed by atoms with Crippen LogP contribution in [0, 0.1) is 20.8 Å². The van der Waals surface area contributed by atoms with Crippen LogP contribution in [0.25, 0.3) is 0 Å². The van der Waals surface area contributed by atoms with Gasteiger partial charge in [0.15, 0.2) is 0 Å². The van der Waals surface area contributed by atoms with Crippen molar-refractivity contribution in [3.05, 3.63) is 58.7 Å². The van der Waals surface area contributed by atoms with Gasteiger partial charge in [-0.25, -0.2) is 12.7 Å². The Kier molecular flexibility index (Phi) is 5.88. The molecule has 1 aliphatic heterocycles. The van der Waals surface area contributed by atoms with Crippen LogP contribution in [0.15, 0.2) is 41.3 Å². The van der Waals surface area contributed by atoms with Crippen LogP contribution in [0.2, 0.25) is 0 Å². The molecule has 6 nitrogen and oxygen atoms in total. The van der Waals surface area contributed by atoms with Gasteiger partial charge in [0.2, 0.25) is 11.8 Å². The van der Waals surface area contributed by atoms with Gasteiger partial charge < -0.3 is 5.32 Å². The maximum absolute atomic E-state index is 13.3. The Balaban J connectivity index is 1.94. The molecule has 10 heteroatoms. The van der Waals surface area contributed by atoms with E-state index >= 15 is 0 Å². The number of hydrogen-bond acceptors (Lipinski definition) is 4. The molecule has 1 fully saturated rings. The summed E-state index contributed by atoms with van der Waals surface area (Å²) >= 11 is 0. The van der Waals surface area contributed by atoms with Crippen LogP contribution in [0.5, 0.6) is 0 Å². The summed E-state index contributed by atoms with van der Waals surface area (Å²) in [4.78, 5) is 25.2. The van der Waals surface area contributed by atoms with Crippen molar-refractivity contribution in [2.45, 2.75) is 50.7 Å². The molecule has 2 amide bonds. The molecule has 0 aromatic heterocycles. The number of rotatable bonds is 4. The average Bonchev–Trinajstić information content (AvgIpc) is 3.02. The lowest BCUT2D eigenvalue weighted by molar-refractivity contribution is -0.137. The van der Waals surface area contributed by atoms with E-state index in [1.165, 1.54) is 6.07 Å². The molecule has 1 saturated heterocycles. The average molecular weight is 454 g/mol. The van der Waals surface area contributed by atoms with Crippen LogP contribution in [0.3, 0.4) is 0 Å². The summed E-state index contributed by atoms with van der Waals surface area (Å²) in [6.45, 7) is 5.01. The van der Waals surface area contributed by atoms with Crippen molar-refractivity contribution in [1.29, 1.82) is 0 Å². The molecule has 0 aliphatic carbocycles. The largest absolute Gasteiger partial charge is 0.416 e. The number of carbonyl (C=O) groups is 2. The molecular formula is C21H21F3N2O4S. The maximum Gasteiger partial charge on any atom is 0.416 e. The van der Waals surface area contributed by atoms with Crippen molar-refractivity contribution >= 4 is 27.5 Å². The minimum absolute atomic E-state index is 0.0507. The lowest BCUT2D eigenvalue weighted by Crippen LogP contribution is -2.45. The first kappa shape index (κ1) is 22.8. The number of nitrogens with zero attached hydrogens (tertiary/aromatic N) is 1. The third-order valence-electron chi connectivity index (χ3n) is 5.04. The predicted octanol–water partition coefficient (Wildman–Crippen LogP) is 3.95. The first-order valence-electron chi connectivity index (χ1n) is 9.45. The molecule has 0 saturated carbocycles. The van der Waals surface area contributed by atoms with E-state index in [0.29, 0.717) is 15.4 Å². The SMILES string of the molecule is Cc1cc(C)c(S(=O)(=O)N2C(=O)CCC2C(=O)Nc2cccc(C(F)(F)F)c2)c(C)c1. The summed E-state index contributed by atoms with van der Waals surface area (Å²) in [5.41, 5.74) is 0.631. The van der Waals surface area contributed by atoms with Gasteiger partial charge in [-0.2, -0.15) is 13.2 Å². The molecule has 2 aromatic carbocycles. The monoisotopic (exact) mass is 454 g/mol. The van der Waals surface area contributed by atoms with Gasteiger partial charge >= 0.3 is 6.18 Å². The van der Waals surface area contributed by atoms with E-state index in [-0.39, 0.29) is 23.4 Å². The molecule has 1 atom stereocenters. The number of carbonyl (C=O) groups excluding carboxylic acids is 2. The first-order valence-corrected chi connectivity index (χ1v) is 10.9. The number of benzene rings is 2. The lowest BCUT2D eigenvalue weighted by atomic mass is 10.1. The van der Waals surface area contributed by atoms with Crippen molar-refractivity contribution < 1.29 is 31.2 Å². The Hall–Kier alpha value is -2.88. The van der Waals surface area contributed by atoms with Crippen LogP contribution < -0.4 is 5.32 Å². The Labute approximate surface area is 178 Å². The molecule has 1 heterocycles. The van der Waals surface area contributed by atoms with Gasteiger partial charge in [-0.1, -0.05) is 23.8 Å². The quantitative estimate of drug-likeness (QED) is 0.758. The first-order chi connectivity index (χ1) is 14.3. The predicted molar refractivity (Wildman–Crippen MR) is 108 cm³/mol. The smallest absolute Gasteiger partial charge is 0.324 e. The lowest BCUT2D eigenvalue weighted by Gasteiger charge is -2.25. The summed E-state index contributed by atoms with van der Waals surface area (Å²) in [5.74, 6) is -1.60. The van der Waals surface area contributed by atoms with E-state index in [0.717, 1.165) is 23.8 Å². The summed E-state index contributed by atoms with van der Waals surface area (Å²) in [6.07, 6.45) is -4.82. The number of aryl methyl sites for hydroxylation is 3. The Bertz CT molecular complexity index is 1140. The summed E-state index contributed by atoms with van der Waals surface area (Å²) in [7, 11) is -4.34. The standard InChI is InChI=1S/C21H21F3N2O4S/c1-12-9-13(2)19(14(3)10-12)31(29,30)26-17(7-8-18(26)27)20(28)25-16-6-4-5-15(11-16)21(22,23)24/h4-6,9-11,17H,7-8H2,1-3H3,(H,25,28). The van der Waals surface area contributed by atoms with E-state index in [1.54, 1.807) is 26.0 Å². The number of sulfonamides is 1. The van der Waals surface area contributed by atoms with Crippen molar-refractivity contribution in [3.63, 3.8) is 0 Å². The third kappa shape index (κ3) is 4.43. The molecule has 0 spiro atoms. The van der Waals surface area contributed by atoms with Crippen LogP contribution >= 0.6 is 0 Å². The van der Waals surface area contributed by atoms with E-state index in [1.807, 2.05) is 6.92 Å². The van der Waals surface area contributed by atoms with E-state index in [2.05, 4.69) is 5.32 Å². The van der Waals surface area contributed by atoms with Gasteiger partial charge in [-0.05, 0) is 56.5 Å². The summed E-state index contributed by atoms with van der Waals surface area (Å²) < 4.78 is 66.0. The van der Waals surface area contributed by atoms with Gasteiger partial charge in [0.1, 0.15) is 6.04 Å². The van der Waals surface area contributed by atoms with Gasteiger partial charge in [0.05, 0.1) is 10.5 Å². The van der Waals surface area contributed by atoms with Gasteiger partial charge in [0.25, 0.3) is 10.0 Å².